The molecule has 6 rings (SSSR count). The molecular weight excluding hydrogens is 466 g/mol. The average molecular weight is 492 g/mol. The zero-order chi connectivity index (χ0) is 24.4. The number of Topliss-reactive ketones (excluding diaryl/α,β-unsaturated/α-hetero) is 1. The van der Waals surface area contributed by atoms with Gasteiger partial charge in [-0.1, -0.05) is 29.8 Å². The van der Waals surface area contributed by atoms with E-state index >= 15 is 0 Å². The van der Waals surface area contributed by atoms with Gasteiger partial charge in [0.15, 0.2) is 11.5 Å². The van der Waals surface area contributed by atoms with Gasteiger partial charge < -0.3 is 10.6 Å². The SMILES string of the molecule is Cc1cc2c(C(N)=O)nn(CC(=O)N3[C@@H]4C[C@@H]4C[C@H]3C(=O)C[C@@H]3C[C@H]3c3ccccc3Cl)c2cn1. The molecule has 0 radical (unpaired) electrons. The van der Waals surface area contributed by atoms with E-state index in [0.29, 0.717) is 29.2 Å². The number of likely N-dealkylation sites (tertiary alicyclic amines) is 1. The molecule has 180 valence electrons. The maximum atomic E-state index is 13.4. The Hall–Kier alpha value is -3.26. The van der Waals surface area contributed by atoms with Crippen molar-refractivity contribution in [3.05, 3.63) is 58.5 Å². The quantitative estimate of drug-likeness (QED) is 0.545. The number of pyridine rings is 1. The van der Waals surface area contributed by atoms with Crippen LogP contribution in [0.4, 0.5) is 0 Å². The summed E-state index contributed by atoms with van der Waals surface area (Å²) in [6, 6.07) is 9.27. The largest absolute Gasteiger partial charge is 0.364 e. The second kappa shape index (κ2) is 8.16. The number of carbonyl (C=O) groups is 3. The second-order valence-corrected chi connectivity index (χ2v) is 10.5. The van der Waals surface area contributed by atoms with Gasteiger partial charge in [0.05, 0.1) is 17.8 Å². The Labute approximate surface area is 207 Å². The van der Waals surface area contributed by atoms with Crippen LogP contribution < -0.4 is 5.73 Å². The standard InChI is InChI=1S/C26H26ClN5O3/c1-13-6-18-22(11-29-13)31(30-25(18)26(28)35)12-24(34)32-20-8-15(20)9-21(32)23(33)10-14-7-17(14)16-4-2-3-5-19(16)27/h2-6,11,14-15,17,20-21H,7-10,12H2,1H3,(H2,28,35)/t14-,15+,17+,20+,21-/m0/s1. The molecule has 3 aliphatic rings. The van der Waals surface area contributed by atoms with Crippen LogP contribution in [0.15, 0.2) is 36.5 Å². The topological polar surface area (TPSA) is 111 Å². The minimum atomic E-state index is -0.652. The molecule has 9 heteroatoms. The zero-order valence-electron chi connectivity index (χ0n) is 19.4. The Morgan fingerprint density at radius 3 is 2.74 bits per heavy atom. The fourth-order valence-corrected chi connectivity index (χ4v) is 6.09. The number of hydrogen-bond donors (Lipinski definition) is 1. The van der Waals surface area contributed by atoms with Crippen molar-refractivity contribution in [1.82, 2.24) is 19.7 Å². The summed E-state index contributed by atoms with van der Waals surface area (Å²) >= 11 is 6.35. The van der Waals surface area contributed by atoms with E-state index < -0.39 is 11.9 Å². The third-order valence-corrected chi connectivity index (χ3v) is 8.09. The van der Waals surface area contributed by atoms with E-state index in [-0.39, 0.29) is 35.9 Å². The van der Waals surface area contributed by atoms with Gasteiger partial charge in [-0.15, -0.1) is 0 Å². The van der Waals surface area contributed by atoms with Crippen molar-refractivity contribution in [2.45, 2.75) is 57.2 Å². The number of carbonyl (C=O) groups excluding carboxylic acids is 3. The summed E-state index contributed by atoms with van der Waals surface area (Å²) in [4.78, 5) is 44.7. The lowest BCUT2D eigenvalue weighted by Gasteiger charge is -2.27. The first-order valence-electron chi connectivity index (χ1n) is 12.0. The molecule has 2 amide bonds. The molecule has 0 bridgehead atoms. The number of hydrogen-bond acceptors (Lipinski definition) is 5. The number of amides is 2. The van der Waals surface area contributed by atoms with Crippen molar-refractivity contribution in [2.24, 2.45) is 17.6 Å². The van der Waals surface area contributed by atoms with Gasteiger partial charge in [-0.25, -0.2) is 0 Å². The highest BCUT2D eigenvalue weighted by molar-refractivity contribution is 6.31. The lowest BCUT2D eigenvalue weighted by molar-refractivity contribution is -0.139. The summed E-state index contributed by atoms with van der Waals surface area (Å²) in [5.41, 5.74) is 8.05. The van der Waals surface area contributed by atoms with Gasteiger partial charge in [0, 0.05) is 28.6 Å². The molecule has 0 spiro atoms. The number of aryl methyl sites for hydroxylation is 1. The molecule has 2 saturated carbocycles. The molecule has 1 aromatic carbocycles. The van der Waals surface area contributed by atoms with Gasteiger partial charge >= 0.3 is 0 Å². The number of rotatable bonds is 7. The first-order valence-corrected chi connectivity index (χ1v) is 12.4. The molecular formula is C26H26ClN5O3. The highest BCUT2D eigenvalue weighted by Crippen LogP contribution is 2.53. The third kappa shape index (κ3) is 3.89. The Bertz CT molecular complexity index is 1380. The number of benzene rings is 1. The number of primary amides is 1. The van der Waals surface area contributed by atoms with E-state index in [1.165, 1.54) is 4.68 Å². The smallest absolute Gasteiger partial charge is 0.269 e. The highest BCUT2D eigenvalue weighted by Gasteiger charge is 2.56. The monoisotopic (exact) mass is 491 g/mol. The van der Waals surface area contributed by atoms with Crippen molar-refractivity contribution in [1.29, 1.82) is 0 Å². The van der Waals surface area contributed by atoms with Gasteiger partial charge in [-0.2, -0.15) is 5.10 Å². The van der Waals surface area contributed by atoms with Crippen LogP contribution in [0, 0.1) is 18.8 Å². The van der Waals surface area contributed by atoms with Crippen molar-refractivity contribution in [3.63, 3.8) is 0 Å². The molecule has 3 fully saturated rings. The van der Waals surface area contributed by atoms with E-state index in [4.69, 9.17) is 17.3 Å². The maximum Gasteiger partial charge on any atom is 0.269 e. The summed E-state index contributed by atoms with van der Waals surface area (Å²) in [5, 5.41) is 5.64. The summed E-state index contributed by atoms with van der Waals surface area (Å²) < 4.78 is 1.48. The molecule has 0 unspecified atom stereocenters. The van der Waals surface area contributed by atoms with Crippen LogP contribution in [0.3, 0.4) is 0 Å². The van der Waals surface area contributed by atoms with E-state index in [0.717, 1.165) is 35.5 Å². The maximum absolute atomic E-state index is 13.4. The van der Waals surface area contributed by atoms with Crippen molar-refractivity contribution >= 4 is 40.1 Å². The van der Waals surface area contributed by atoms with Gasteiger partial charge in [0.25, 0.3) is 5.91 Å². The molecule has 1 aliphatic heterocycles. The van der Waals surface area contributed by atoms with Crippen molar-refractivity contribution < 1.29 is 14.4 Å². The van der Waals surface area contributed by atoms with Crippen molar-refractivity contribution in [2.75, 3.05) is 0 Å². The van der Waals surface area contributed by atoms with Crippen LogP contribution in [0.1, 0.15) is 53.3 Å². The first kappa shape index (κ1) is 22.2. The van der Waals surface area contributed by atoms with Gasteiger partial charge in [0.1, 0.15) is 6.54 Å². The minimum Gasteiger partial charge on any atom is -0.364 e. The third-order valence-electron chi connectivity index (χ3n) is 7.75. The van der Waals surface area contributed by atoms with Gasteiger partial charge in [-0.3, -0.25) is 24.0 Å². The Balaban J connectivity index is 1.18. The summed E-state index contributed by atoms with van der Waals surface area (Å²) in [6.45, 7) is 1.75. The number of halogens is 1. The number of ketones is 1. The molecule has 3 heterocycles. The van der Waals surface area contributed by atoms with Crippen LogP contribution in [0.5, 0.6) is 0 Å². The first-order chi connectivity index (χ1) is 16.8. The van der Waals surface area contributed by atoms with Crippen LogP contribution >= 0.6 is 11.6 Å². The van der Waals surface area contributed by atoms with E-state index in [9.17, 15) is 14.4 Å². The summed E-state index contributed by atoms with van der Waals surface area (Å²) in [6.07, 6.45) is 4.68. The van der Waals surface area contributed by atoms with E-state index in [1.54, 1.807) is 17.2 Å². The van der Waals surface area contributed by atoms with Crippen LogP contribution in [0.25, 0.3) is 10.9 Å². The lowest BCUT2D eigenvalue weighted by atomic mass is 10.00. The fraction of sp³-hybridized carbons (Fsp3) is 0.423. The molecule has 2 aliphatic carbocycles. The van der Waals surface area contributed by atoms with Crippen LogP contribution in [0.2, 0.25) is 5.02 Å². The lowest BCUT2D eigenvalue weighted by Crippen LogP contribution is -2.44. The predicted octanol–water partition coefficient (Wildman–Crippen LogP) is 3.24. The Morgan fingerprint density at radius 2 is 1.97 bits per heavy atom. The van der Waals surface area contributed by atoms with E-state index in [1.807, 2.05) is 31.2 Å². The molecule has 35 heavy (non-hydrogen) atoms. The average Bonchev–Trinajstić information content (AvgIpc) is 3.69. The molecule has 2 N–H and O–H groups in total. The van der Waals surface area contributed by atoms with Crippen molar-refractivity contribution in [3.8, 4) is 0 Å². The molecule has 3 aromatic rings. The fourth-order valence-electron chi connectivity index (χ4n) is 5.82. The minimum absolute atomic E-state index is 0.0623. The number of nitrogens with zero attached hydrogens (tertiary/aromatic N) is 4. The van der Waals surface area contributed by atoms with Gasteiger partial charge in [0.2, 0.25) is 5.91 Å². The Morgan fingerprint density at radius 1 is 1.17 bits per heavy atom. The second-order valence-electron chi connectivity index (χ2n) is 10.1. The van der Waals surface area contributed by atoms with E-state index in [2.05, 4.69) is 10.1 Å². The summed E-state index contributed by atoms with van der Waals surface area (Å²) in [5.74, 6) is 0.301. The zero-order valence-corrected chi connectivity index (χ0v) is 20.1. The van der Waals surface area contributed by atoms with Crippen LogP contribution in [-0.4, -0.2) is 49.3 Å². The van der Waals surface area contributed by atoms with Crippen LogP contribution in [-0.2, 0) is 16.1 Å². The molecule has 1 saturated heterocycles. The molecule has 8 nitrogen and oxygen atoms in total. The predicted molar refractivity (Wildman–Crippen MR) is 130 cm³/mol. The molecule has 5 atom stereocenters. The normalized spacial score (nSPS) is 26.6. The van der Waals surface area contributed by atoms with Gasteiger partial charge in [-0.05, 0) is 61.6 Å². The Kier molecular flexibility index (Phi) is 5.18. The highest BCUT2D eigenvalue weighted by atomic mass is 35.5. The molecule has 2 aromatic heterocycles. The summed E-state index contributed by atoms with van der Waals surface area (Å²) in [7, 11) is 0. The number of piperidine rings is 1. The number of fused-ring (bicyclic) bond motifs is 2. The number of aromatic nitrogens is 3. The number of nitrogens with two attached hydrogens (primary N) is 1.